The molecule has 0 aromatic rings. The Kier molecular flexibility index (Phi) is 43.6. The first-order chi connectivity index (χ1) is 23.6. The largest absolute Gasteiger partial charge is 1.00 e. The van der Waals surface area contributed by atoms with Crippen LogP contribution in [0.25, 0.3) is 0 Å². The van der Waals surface area contributed by atoms with E-state index in [0.717, 1.165) is 56.5 Å². The average molecular weight is 765 g/mol. The van der Waals surface area contributed by atoms with Crippen LogP contribution < -0.4 is 17.0 Å². The van der Waals surface area contributed by atoms with Gasteiger partial charge in [-0.15, -0.1) is 0 Å². The van der Waals surface area contributed by atoms with Gasteiger partial charge in [0.1, 0.15) is 19.2 Å². The van der Waals surface area contributed by atoms with Crippen molar-refractivity contribution in [3.8, 4) is 0 Å². The molecule has 0 spiro atoms. The number of nitrogens with zero attached hydrogens (tertiary/aromatic N) is 1. The standard InChI is InChI=1S/C41H82NO6.BrH/c1-5-7-9-11-13-15-17-19-21-23-25-27-31-47-40-41(48-32-28-26-24-22-20-18-16-14-12-10-8-6-2)39-42(3,4)29-33-44-35-37-46-38-36-45-34-30-43;/h7-10,41,43H,5-6,11-40H2,1-4H3;1H/q+1;/p-1/b9-7-,10-8-;. The van der Waals surface area contributed by atoms with E-state index in [0.29, 0.717) is 46.2 Å². The summed E-state index contributed by atoms with van der Waals surface area (Å²) in [6.07, 6.45) is 35.2. The molecule has 0 heterocycles. The molecule has 0 fully saturated rings. The third kappa shape index (κ3) is 42.0. The number of ether oxygens (including phenoxy) is 5. The lowest BCUT2D eigenvalue weighted by Crippen LogP contribution is -3.00. The minimum Gasteiger partial charge on any atom is -1.00 e. The van der Waals surface area contributed by atoms with Crippen molar-refractivity contribution in [2.24, 2.45) is 0 Å². The van der Waals surface area contributed by atoms with Gasteiger partial charge in [-0.25, -0.2) is 0 Å². The van der Waals surface area contributed by atoms with Crippen LogP contribution in [0.15, 0.2) is 24.3 Å². The van der Waals surface area contributed by atoms with Crippen LogP contribution in [0.3, 0.4) is 0 Å². The highest BCUT2D eigenvalue weighted by Gasteiger charge is 2.23. The summed E-state index contributed by atoms with van der Waals surface area (Å²) >= 11 is 0. The molecular formula is C41H82BrNO6. The van der Waals surface area contributed by atoms with Crippen LogP contribution >= 0.6 is 0 Å². The van der Waals surface area contributed by atoms with Gasteiger partial charge in [0, 0.05) is 13.2 Å². The maximum absolute atomic E-state index is 8.74. The Bertz CT molecular complexity index is 678. The smallest absolute Gasteiger partial charge is 0.130 e. The molecule has 0 aliphatic heterocycles. The fourth-order valence-electron chi connectivity index (χ4n) is 5.70. The van der Waals surface area contributed by atoms with E-state index in [4.69, 9.17) is 28.8 Å². The number of hydrogen-bond donors (Lipinski definition) is 1. The molecule has 0 saturated carbocycles. The second-order valence-corrected chi connectivity index (χ2v) is 14.0. The monoisotopic (exact) mass is 764 g/mol. The molecule has 0 radical (unpaired) electrons. The minimum atomic E-state index is 0. The third-order valence-electron chi connectivity index (χ3n) is 8.66. The number of rotatable bonds is 40. The van der Waals surface area contributed by atoms with Crippen molar-refractivity contribution in [2.45, 2.75) is 148 Å². The molecule has 8 heteroatoms. The van der Waals surface area contributed by atoms with Crippen LogP contribution in [0.5, 0.6) is 0 Å². The molecule has 1 atom stereocenters. The minimum absolute atomic E-state index is 0. The van der Waals surface area contributed by atoms with E-state index >= 15 is 0 Å². The highest BCUT2D eigenvalue weighted by molar-refractivity contribution is 4.80. The Morgan fingerprint density at radius 1 is 0.490 bits per heavy atom. The first-order valence-corrected chi connectivity index (χ1v) is 20.2. The molecule has 0 aliphatic carbocycles. The summed E-state index contributed by atoms with van der Waals surface area (Å²) in [5.41, 5.74) is 0. The first kappa shape index (κ1) is 50.8. The van der Waals surface area contributed by atoms with Gasteiger partial charge in [0.05, 0.1) is 67.0 Å². The number of aliphatic hydroxyl groups is 1. The topological polar surface area (TPSA) is 66.4 Å². The molecule has 0 bridgehead atoms. The molecule has 1 N–H and O–H groups in total. The van der Waals surface area contributed by atoms with E-state index in [9.17, 15) is 0 Å². The van der Waals surface area contributed by atoms with Crippen molar-refractivity contribution in [3.05, 3.63) is 24.3 Å². The molecule has 0 aromatic carbocycles. The SMILES string of the molecule is CC/C=C\CCCCCCCCCCOCC(C[N+](C)(C)CCOCCOCCOCCO)OCCCCCCCCCC/C=C\CC.[Br-]. The maximum atomic E-state index is 8.74. The zero-order valence-corrected chi connectivity index (χ0v) is 34.4. The molecule has 0 rings (SSSR count). The summed E-state index contributed by atoms with van der Waals surface area (Å²) in [5, 5.41) is 8.74. The van der Waals surface area contributed by atoms with E-state index in [1.54, 1.807) is 0 Å². The number of hydrogen-bond acceptors (Lipinski definition) is 6. The first-order valence-electron chi connectivity index (χ1n) is 20.2. The van der Waals surface area contributed by atoms with Crippen molar-refractivity contribution in [2.75, 3.05) is 93.3 Å². The van der Waals surface area contributed by atoms with Crippen LogP contribution in [-0.4, -0.2) is 109 Å². The van der Waals surface area contributed by atoms with Gasteiger partial charge < -0.3 is 50.3 Å². The summed E-state index contributed by atoms with van der Waals surface area (Å²) in [6, 6.07) is 0. The van der Waals surface area contributed by atoms with Crippen molar-refractivity contribution >= 4 is 0 Å². The lowest BCUT2D eigenvalue weighted by Gasteiger charge is -2.33. The van der Waals surface area contributed by atoms with Gasteiger partial charge in [-0.3, -0.25) is 0 Å². The summed E-state index contributed by atoms with van der Waals surface area (Å²) in [7, 11) is 4.52. The summed E-state index contributed by atoms with van der Waals surface area (Å²) in [6.45, 7) is 11.8. The average Bonchev–Trinajstić information content (AvgIpc) is 3.07. The molecule has 0 aromatic heterocycles. The molecule has 0 amide bonds. The van der Waals surface area contributed by atoms with Crippen LogP contribution in [0.1, 0.15) is 142 Å². The van der Waals surface area contributed by atoms with Crippen molar-refractivity contribution in [1.82, 2.24) is 0 Å². The fraction of sp³-hybridized carbons (Fsp3) is 0.902. The highest BCUT2D eigenvalue weighted by atomic mass is 79.9. The Morgan fingerprint density at radius 3 is 1.41 bits per heavy atom. The number of unbranched alkanes of at least 4 members (excludes halogenated alkanes) is 16. The van der Waals surface area contributed by atoms with Crippen LogP contribution in [0, 0.1) is 0 Å². The van der Waals surface area contributed by atoms with E-state index in [2.05, 4.69) is 52.2 Å². The number of allylic oxidation sites excluding steroid dienone is 4. The van der Waals surface area contributed by atoms with Crippen LogP contribution in [0.2, 0.25) is 0 Å². The second kappa shape index (κ2) is 42.1. The van der Waals surface area contributed by atoms with Crippen molar-refractivity contribution in [1.29, 1.82) is 0 Å². The summed E-state index contributed by atoms with van der Waals surface area (Å²) < 4.78 is 30.1. The molecule has 0 aliphatic rings. The molecule has 7 nitrogen and oxygen atoms in total. The Hall–Kier alpha value is -0.320. The number of likely N-dealkylation sites (N-methyl/N-ethyl adjacent to an activating group) is 1. The van der Waals surface area contributed by atoms with E-state index in [-0.39, 0.29) is 29.7 Å². The van der Waals surface area contributed by atoms with Crippen molar-refractivity contribution < 1.29 is 50.3 Å². The molecular weight excluding hydrogens is 682 g/mol. The van der Waals surface area contributed by atoms with E-state index in [1.165, 1.54) is 103 Å². The number of aliphatic hydroxyl groups excluding tert-OH is 1. The summed E-state index contributed by atoms with van der Waals surface area (Å²) in [5.74, 6) is 0. The molecule has 49 heavy (non-hydrogen) atoms. The Labute approximate surface area is 315 Å². The third-order valence-corrected chi connectivity index (χ3v) is 8.66. The van der Waals surface area contributed by atoms with E-state index < -0.39 is 0 Å². The lowest BCUT2D eigenvalue weighted by atomic mass is 10.1. The van der Waals surface area contributed by atoms with Crippen LogP contribution in [0.4, 0.5) is 0 Å². The zero-order chi connectivity index (χ0) is 35.1. The predicted octanol–water partition coefficient (Wildman–Crippen LogP) is 6.46. The molecule has 1 unspecified atom stereocenters. The number of quaternary nitrogens is 1. The van der Waals surface area contributed by atoms with Gasteiger partial charge in [0.15, 0.2) is 0 Å². The Balaban J connectivity index is 0. The normalized spacial score (nSPS) is 12.8. The summed E-state index contributed by atoms with van der Waals surface area (Å²) in [4.78, 5) is 0. The zero-order valence-electron chi connectivity index (χ0n) is 32.8. The van der Waals surface area contributed by atoms with Gasteiger partial charge >= 0.3 is 0 Å². The second-order valence-electron chi connectivity index (χ2n) is 14.0. The fourth-order valence-corrected chi connectivity index (χ4v) is 5.70. The maximum Gasteiger partial charge on any atom is 0.130 e. The van der Waals surface area contributed by atoms with Gasteiger partial charge in [-0.05, 0) is 51.4 Å². The molecule has 0 saturated heterocycles. The lowest BCUT2D eigenvalue weighted by molar-refractivity contribution is -0.894. The Morgan fingerprint density at radius 2 is 0.918 bits per heavy atom. The van der Waals surface area contributed by atoms with Crippen molar-refractivity contribution in [3.63, 3.8) is 0 Å². The number of halogens is 1. The van der Waals surface area contributed by atoms with Crippen LogP contribution in [-0.2, 0) is 23.7 Å². The van der Waals surface area contributed by atoms with Gasteiger partial charge in [-0.1, -0.05) is 115 Å². The molecule has 294 valence electrons. The van der Waals surface area contributed by atoms with Gasteiger partial charge in [0.25, 0.3) is 0 Å². The predicted molar refractivity (Wildman–Crippen MR) is 204 cm³/mol. The van der Waals surface area contributed by atoms with E-state index in [1.807, 2.05) is 0 Å². The van der Waals surface area contributed by atoms with Gasteiger partial charge in [-0.2, -0.15) is 0 Å². The van der Waals surface area contributed by atoms with Gasteiger partial charge in [0.2, 0.25) is 0 Å². The highest BCUT2D eigenvalue weighted by Crippen LogP contribution is 2.13. The quantitative estimate of drug-likeness (QED) is 0.0439.